The minimum absolute atomic E-state index is 0.238. The number of thiophene rings is 1. The van der Waals surface area contributed by atoms with Crippen molar-refractivity contribution in [2.24, 2.45) is 12.9 Å². The molecule has 10 heteroatoms. The van der Waals surface area contributed by atoms with Gasteiger partial charge in [-0.3, -0.25) is 9.69 Å². The highest BCUT2D eigenvalue weighted by molar-refractivity contribution is 7.14. The number of aromatic nitrogens is 4. The van der Waals surface area contributed by atoms with Crippen LogP contribution in [0.15, 0.2) is 24.7 Å². The van der Waals surface area contributed by atoms with Gasteiger partial charge in [-0.2, -0.15) is 5.10 Å². The van der Waals surface area contributed by atoms with E-state index in [-0.39, 0.29) is 5.82 Å². The van der Waals surface area contributed by atoms with E-state index < -0.39 is 0 Å². The lowest BCUT2D eigenvalue weighted by Crippen LogP contribution is -2.31. The molecule has 0 atom stereocenters. The molecule has 124 valence electrons. The number of hydrogen-bond donors (Lipinski definition) is 4. The van der Waals surface area contributed by atoms with E-state index in [1.54, 1.807) is 23.1 Å². The van der Waals surface area contributed by atoms with Crippen LogP contribution < -0.4 is 22.3 Å². The zero-order valence-corrected chi connectivity index (χ0v) is 13.8. The van der Waals surface area contributed by atoms with Crippen molar-refractivity contribution in [1.82, 2.24) is 19.7 Å². The van der Waals surface area contributed by atoms with Crippen LogP contribution in [0.1, 0.15) is 9.75 Å². The summed E-state index contributed by atoms with van der Waals surface area (Å²) in [7, 11) is 1.83. The Morgan fingerprint density at radius 2 is 2.17 bits per heavy atom. The lowest BCUT2D eigenvalue weighted by Gasteiger charge is -2.18. The van der Waals surface area contributed by atoms with E-state index in [9.17, 15) is 0 Å². The second-order valence-corrected chi connectivity index (χ2v) is 6.34. The maximum Gasteiger partial charge on any atom is 0.186 e. The first-order valence-corrected chi connectivity index (χ1v) is 7.82. The van der Waals surface area contributed by atoms with Gasteiger partial charge in [0.15, 0.2) is 11.6 Å². The number of rotatable bonds is 5. The average molecular weight is 343 g/mol. The molecule has 0 fully saturated rings. The summed E-state index contributed by atoms with van der Waals surface area (Å²) >= 11 is 1.40. The van der Waals surface area contributed by atoms with Crippen molar-refractivity contribution in [2.75, 3.05) is 16.5 Å². The summed E-state index contributed by atoms with van der Waals surface area (Å²) in [5, 5.41) is 12.9. The summed E-state index contributed by atoms with van der Waals surface area (Å²) in [6, 6.07) is 1.79. The van der Waals surface area contributed by atoms with Gasteiger partial charge in [-0.15, -0.1) is 11.3 Å². The third-order valence-electron chi connectivity index (χ3n) is 3.35. The molecule has 0 radical (unpaired) electrons. The summed E-state index contributed by atoms with van der Waals surface area (Å²) in [5.74, 6) is 6.73. The predicted molar refractivity (Wildman–Crippen MR) is 95.6 cm³/mol. The fraction of sp³-hybridized carbons (Fsp3) is 0.143. The Morgan fingerprint density at radius 1 is 1.38 bits per heavy atom. The van der Waals surface area contributed by atoms with Gasteiger partial charge in [0.25, 0.3) is 0 Å². The number of nitrogen functional groups attached to an aromatic ring is 2. The summed E-state index contributed by atoms with van der Waals surface area (Å²) in [5.41, 5.74) is 13.8. The number of aryl methyl sites for hydroxylation is 1. The average Bonchev–Trinajstić information content (AvgIpc) is 3.13. The molecule has 3 heterocycles. The van der Waals surface area contributed by atoms with Gasteiger partial charge in [-0.25, -0.2) is 15.8 Å². The highest BCUT2D eigenvalue weighted by atomic mass is 32.1. The third kappa shape index (κ3) is 3.05. The predicted octanol–water partition coefficient (Wildman–Crippen LogP) is 0.981. The SMILES string of the molecule is Cn1cc(-c2cnc(N)c(N(N)Cc3cc(N)c(C=N)s3)n2)cn1. The number of anilines is 3. The van der Waals surface area contributed by atoms with E-state index in [1.807, 2.05) is 13.2 Å². The quantitative estimate of drug-likeness (QED) is 0.306. The summed E-state index contributed by atoms with van der Waals surface area (Å²) in [6.07, 6.45) is 6.34. The van der Waals surface area contributed by atoms with Crippen LogP contribution in [0.4, 0.5) is 17.3 Å². The molecule has 3 rings (SSSR count). The van der Waals surface area contributed by atoms with Gasteiger partial charge in [-0.05, 0) is 6.07 Å². The largest absolute Gasteiger partial charge is 0.398 e. The van der Waals surface area contributed by atoms with Crippen molar-refractivity contribution in [3.8, 4) is 11.3 Å². The molecule has 0 spiro atoms. The first-order chi connectivity index (χ1) is 11.5. The smallest absolute Gasteiger partial charge is 0.186 e. The minimum atomic E-state index is 0.238. The van der Waals surface area contributed by atoms with Crippen LogP contribution in [-0.4, -0.2) is 26.0 Å². The molecular weight excluding hydrogens is 326 g/mol. The number of nitrogens with two attached hydrogens (primary N) is 3. The lowest BCUT2D eigenvalue weighted by molar-refractivity contribution is 0.768. The Kier molecular flexibility index (Phi) is 4.15. The minimum Gasteiger partial charge on any atom is -0.398 e. The van der Waals surface area contributed by atoms with Gasteiger partial charge >= 0.3 is 0 Å². The van der Waals surface area contributed by atoms with E-state index in [1.165, 1.54) is 22.6 Å². The van der Waals surface area contributed by atoms with E-state index in [0.29, 0.717) is 28.6 Å². The number of hydrogen-bond acceptors (Lipinski definition) is 9. The topological polar surface area (TPSA) is 149 Å². The third-order valence-corrected chi connectivity index (χ3v) is 4.44. The molecule has 9 nitrogen and oxygen atoms in total. The van der Waals surface area contributed by atoms with Gasteiger partial charge in [0, 0.05) is 29.9 Å². The molecule has 0 unspecified atom stereocenters. The fourth-order valence-corrected chi connectivity index (χ4v) is 3.11. The van der Waals surface area contributed by atoms with Crippen molar-refractivity contribution < 1.29 is 0 Å². The zero-order chi connectivity index (χ0) is 17.3. The summed E-state index contributed by atoms with van der Waals surface area (Å²) < 4.78 is 1.68. The second-order valence-electron chi connectivity index (χ2n) is 5.17. The van der Waals surface area contributed by atoms with Gasteiger partial charge in [0.1, 0.15) is 0 Å². The molecule has 0 aliphatic carbocycles. The van der Waals surface area contributed by atoms with Crippen molar-refractivity contribution in [3.63, 3.8) is 0 Å². The number of nitrogens with one attached hydrogen (secondary N) is 1. The van der Waals surface area contributed by atoms with Crippen LogP contribution in [-0.2, 0) is 13.6 Å². The molecule has 0 saturated heterocycles. The normalized spacial score (nSPS) is 10.8. The molecule has 0 bridgehead atoms. The monoisotopic (exact) mass is 343 g/mol. The Morgan fingerprint density at radius 3 is 2.79 bits per heavy atom. The molecule has 0 aliphatic rings. The zero-order valence-electron chi connectivity index (χ0n) is 13.0. The molecular formula is C14H17N9S. The highest BCUT2D eigenvalue weighted by Gasteiger charge is 2.14. The molecule has 0 aromatic carbocycles. The Labute approximate surface area is 142 Å². The number of nitrogens with zero attached hydrogens (tertiary/aromatic N) is 5. The van der Waals surface area contributed by atoms with Gasteiger partial charge < -0.3 is 16.9 Å². The summed E-state index contributed by atoms with van der Waals surface area (Å²) in [4.78, 5) is 10.3. The molecule has 3 aromatic heterocycles. The first kappa shape index (κ1) is 15.9. The van der Waals surface area contributed by atoms with Crippen molar-refractivity contribution in [1.29, 1.82) is 5.41 Å². The van der Waals surface area contributed by atoms with E-state index >= 15 is 0 Å². The molecule has 7 N–H and O–H groups in total. The molecule has 3 aromatic rings. The van der Waals surface area contributed by atoms with Crippen LogP contribution in [0.3, 0.4) is 0 Å². The van der Waals surface area contributed by atoms with Crippen molar-refractivity contribution in [3.05, 3.63) is 34.4 Å². The lowest BCUT2D eigenvalue weighted by atomic mass is 10.2. The summed E-state index contributed by atoms with van der Waals surface area (Å²) in [6.45, 7) is 0.359. The molecule has 24 heavy (non-hydrogen) atoms. The van der Waals surface area contributed by atoms with Crippen molar-refractivity contribution in [2.45, 2.75) is 6.54 Å². The van der Waals surface area contributed by atoms with Crippen LogP contribution >= 0.6 is 11.3 Å². The van der Waals surface area contributed by atoms with Crippen molar-refractivity contribution >= 4 is 34.9 Å². The fourth-order valence-electron chi connectivity index (χ4n) is 2.20. The molecule has 0 saturated carbocycles. The number of hydrazine groups is 1. The highest BCUT2D eigenvalue weighted by Crippen LogP contribution is 2.27. The Balaban J connectivity index is 1.88. The van der Waals surface area contributed by atoms with Gasteiger partial charge in [0.2, 0.25) is 0 Å². The molecule has 0 amide bonds. The standard InChI is InChI=1S/C14H17N9S/c1-22-6-8(4-20-22)11-5-19-13(17)14(21-11)23(18)7-9-2-10(16)12(3-15)24-9/h2-6,15H,7,16,18H2,1H3,(H2,17,19). The van der Waals surface area contributed by atoms with Crippen LogP contribution in [0, 0.1) is 5.41 Å². The molecule has 0 aliphatic heterocycles. The Hall–Kier alpha value is -2.98. The van der Waals surface area contributed by atoms with Crippen LogP contribution in [0.2, 0.25) is 0 Å². The van der Waals surface area contributed by atoms with E-state index in [4.69, 9.17) is 22.7 Å². The second kappa shape index (κ2) is 6.26. The van der Waals surface area contributed by atoms with E-state index in [0.717, 1.165) is 10.4 Å². The maximum absolute atomic E-state index is 7.31. The first-order valence-electron chi connectivity index (χ1n) is 7.00. The van der Waals surface area contributed by atoms with Gasteiger partial charge in [0.05, 0.1) is 35.2 Å². The Bertz CT molecular complexity index is 882. The van der Waals surface area contributed by atoms with E-state index in [2.05, 4.69) is 15.1 Å². The maximum atomic E-state index is 7.31. The van der Waals surface area contributed by atoms with Crippen LogP contribution in [0.5, 0.6) is 0 Å². The van der Waals surface area contributed by atoms with Gasteiger partial charge in [-0.1, -0.05) is 0 Å². The van der Waals surface area contributed by atoms with Crippen LogP contribution in [0.25, 0.3) is 11.3 Å².